The Morgan fingerprint density at radius 2 is 1.80 bits per heavy atom. The summed E-state index contributed by atoms with van der Waals surface area (Å²) >= 11 is 0. The Labute approximate surface area is 93.5 Å². The molecule has 0 amide bonds. The molecule has 0 radical (unpaired) electrons. The molecule has 0 aliphatic heterocycles. The molecule has 2 heteroatoms. The summed E-state index contributed by atoms with van der Waals surface area (Å²) in [6.45, 7) is 6.21. The van der Waals surface area contributed by atoms with Gasteiger partial charge in [-0.1, -0.05) is 6.08 Å². The van der Waals surface area contributed by atoms with Crippen molar-refractivity contribution < 1.29 is 0 Å². The van der Waals surface area contributed by atoms with Crippen LogP contribution in [0.5, 0.6) is 0 Å². The fourth-order valence-corrected chi connectivity index (χ4v) is 2.68. The van der Waals surface area contributed by atoms with Crippen molar-refractivity contribution >= 4 is 0 Å². The number of rotatable bonds is 5. The lowest BCUT2D eigenvalue weighted by molar-refractivity contribution is 0.202. The van der Waals surface area contributed by atoms with Crippen LogP contribution in [0.15, 0.2) is 12.7 Å². The number of hydrogen-bond acceptors (Lipinski definition) is 2. The lowest BCUT2D eigenvalue weighted by Crippen LogP contribution is -2.35. The third-order valence-electron chi connectivity index (χ3n) is 3.81. The van der Waals surface area contributed by atoms with Crippen LogP contribution in [0.2, 0.25) is 0 Å². The molecule has 0 atom stereocenters. The van der Waals surface area contributed by atoms with Crippen LogP contribution in [-0.4, -0.2) is 30.1 Å². The molecule has 0 spiro atoms. The zero-order valence-corrected chi connectivity index (χ0v) is 9.70. The van der Waals surface area contributed by atoms with E-state index in [0.29, 0.717) is 6.04 Å². The molecule has 0 aromatic heterocycles. The van der Waals surface area contributed by atoms with Crippen molar-refractivity contribution in [1.82, 2.24) is 4.90 Å². The molecule has 0 bridgehead atoms. The van der Waals surface area contributed by atoms with Crippen LogP contribution in [0, 0.1) is 5.92 Å². The zero-order chi connectivity index (χ0) is 10.7. The van der Waals surface area contributed by atoms with E-state index in [1.54, 1.807) is 0 Å². The number of nitrogens with two attached hydrogens (primary N) is 1. The van der Waals surface area contributed by atoms with Gasteiger partial charge in [-0.15, -0.1) is 6.58 Å². The second kappa shape index (κ2) is 5.13. The van der Waals surface area contributed by atoms with Crippen LogP contribution in [0.1, 0.15) is 38.5 Å². The van der Waals surface area contributed by atoms with Crippen LogP contribution >= 0.6 is 0 Å². The van der Waals surface area contributed by atoms with E-state index in [1.807, 2.05) is 6.08 Å². The summed E-state index contributed by atoms with van der Waals surface area (Å²) in [6.07, 6.45) is 9.99. The molecule has 0 heterocycles. The lowest BCUT2D eigenvalue weighted by atomic mass is 9.86. The summed E-state index contributed by atoms with van der Waals surface area (Å²) in [6, 6.07) is 1.36. The van der Waals surface area contributed by atoms with Gasteiger partial charge in [-0.25, -0.2) is 0 Å². The van der Waals surface area contributed by atoms with Crippen molar-refractivity contribution in [2.45, 2.75) is 50.6 Å². The van der Waals surface area contributed by atoms with E-state index in [-0.39, 0.29) is 0 Å². The largest absolute Gasteiger partial charge is 0.328 e. The van der Waals surface area contributed by atoms with Crippen molar-refractivity contribution in [1.29, 1.82) is 0 Å². The van der Waals surface area contributed by atoms with Gasteiger partial charge in [0.25, 0.3) is 0 Å². The van der Waals surface area contributed by atoms with Gasteiger partial charge in [-0.3, -0.25) is 4.90 Å². The average molecular weight is 208 g/mol. The SMILES string of the molecule is C=CCN(CC1CCC(N)CC1)C1CC1. The third kappa shape index (κ3) is 3.32. The van der Waals surface area contributed by atoms with Crippen molar-refractivity contribution in [2.24, 2.45) is 11.7 Å². The van der Waals surface area contributed by atoms with E-state index in [4.69, 9.17) is 5.73 Å². The predicted molar refractivity (Wildman–Crippen MR) is 64.7 cm³/mol. The van der Waals surface area contributed by atoms with Crippen molar-refractivity contribution in [3.63, 3.8) is 0 Å². The minimum absolute atomic E-state index is 0.482. The Balaban J connectivity index is 1.75. The molecule has 0 unspecified atom stereocenters. The Bertz CT molecular complexity index is 203. The average Bonchev–Trinajstić information content (AvgIpc) is 3.04. The van der Waals surface area contributed by atoms with Crippen LogP contribution < -0.4 is 5.73 Å². The summed E-state index contributed by atoms with van der Waals surface area (Å²) < 4.78 is 0. The summed E-state index contributed by atoms with van der Waals surface area (Å²) in [4.78, 5) is 2.62. The highest BCUT2D eigenvalue weighted by atomic mass is 15.2. The topological polar surface area (TPSA) is 29.3 Å². The first kappa shape index (κ1) is 11.2. The van der Waals surface area contributed by atoms with Gasteiger partial charge in [0, 0.05) is 25.2 Å². The van der Waals surface area contributed by atoms with E-state index in [0.717, 1.165) is 18.5 Å². The quantitative estimate of drug-likeness (QED) is 0.702. The summed E-state index contributed by atoms with van der Waals surface area (Å²) in [5.74, 6) is 0.894. The van der Waals surface area contributed by atoms with Gasteiger partial charge >= 0.3 is 0 Å². The van der Waals surface area contributed by atoms with E-state index in [2.05, 4.69) is 11.5 Å². The maximum absolute atomic E-state index is 5.93. The van der Waals surface area contributed by atoms with Crippen molar-refractivity contribution in [2.75, 3.05) is 13.1 Å². The van der Waals surface area contributed by atoms with Gasteiger partial charge in [-0.2, -0.15) is 0 Å². The monoisotopic (exact) mass is 208 g/mol. The summed E-state index contributed by atoms with van der Waals surface area (Å²) in [7, 11) is 0. The fraction of sp³-hybridized carbons (Fsp3) is 0.846. The standard InChI is InChI=1S/C13H24N2/c1-2-9-15(13-7-8-13)10-11-3-5-12(14)6-4-11/h2,11-13H,1,3-10,14H2. The van der Waals surface area contributed by atoms with Crippen LogP contribution in [0.3, 0.4) is 0 Å². The van der Waals surface area contributed by atoms with Gasteiger partial charge in [-0.05, 0) is 44.4 Å². The molecule has 2 saturated carbocycles. The first-order chi connectivity index (χ1) is 7.29. The molecule has 2 nitrogen and oxygen atoms in total. The molecule has 2 aliphatic rings. The highest BCUT2D eigenvalue weighted by Gasteiger charge is 2.30. The minimum Gasteiger partial charge on any atom is -0.328 e. The van der Waals surface area contributed by atoms with Gasteiger partial charge in [0.05, 0.1) is 0 Å². The van der Waals surface area contributed by atoms with Gasteiger partial charge in [0.15, 0.2) is 0 Å². The molecule has 0 saturated heterocycles. The lowest BCUT2D eigenvalue weighted by Gasteiger charge is -2.31. The van der Waals surface area contributed by atoms with Gasteiger partial charge < -0.3 is 5.73 Å². The van der Waals surface area contributed by atoms with E-state index >= 15 is 0 Å². The Kier molecular flexibility index (Phi) is 3.81. The number of nitrogens with zero attached hydrogens (tertiary/aromatic N) is 1. The molecule has 2 rings (SSSR count). The van der Waals surface area contributed by atoms with E-state index in [9.17, 15) is 0 Å². The van der Waals surface area contributed by atoms with Crippen molar-refractivity contribution in [3.05, 3.63) is 12.7 Å². The summed E-state index contributed by atoms with van der Waals surface area (Å²) in [5.41, 5.74) is 5.93. The van der Waals surface area contributed by atoms with E-state index in [1.165, 1.54) is 45.1 Å². The smallest absolute Gasteiger partial charge is 0.0163 e. The molecule has 86 valence electrons. The molecule has 2 N–H and O–H groups in total. The molecule has 0 aromatic carbocycles. The second-order valence-corrected chi connectivity index (χ2v) is 5.25. The fourth-order valence-electron chi connectivity index (χ4n) is 2.68. The van der Waals surface area contributed by atoms with Crippen LogP contribution in [0.4, 0.5) is 0 Å². The zero-order valence-electron chi connectivity index (χ0n) is 9.70. The molecule has 0 aromatic rings. The van der Waals surface area contributed by atoms with Crippen molar-refractivity contribution in [3.8, 4) is 0 Å². The van der Waals surface area contributed by atoms with Crippen LogP contribution in [-0.2, 0) is 0 Å². The first-order valence-corrected chi connectivity index (χ1v) is 6.40. The number of hydrogen-bond donors (Lipinski definition) is 1. The van der Waals surface area contributed by atoms with Gasteiger partial charge in [0.2, 0.25) is 0 Å². The third-order valence-corrected chi connectivity index (χ3v) is 3.81. The summed E-state index contributed by atoms with van der Waals surface area (Å²) in [5, 5.41) is 0. The molecular weight excluding hydrogens is 184 g/mol. The molecule has 2 fully saturated rings. The highest BCUT2D eigenvalue weighted by molar-refractivity contribution is 4.90. The van der Waals surface area contributed by atoms with E-state index < -0.39 is 0 Å². The van der Waals surface area contributed by atoms with Crippen LogP contribution in [0.25, 0.3) is 0 Å². The highest BCUT2D eigenvalue weighted by Crippen LogP contribution is 2.30. The Morgan fingerprint density at radius 1 is 1.13 bits per heavy atom. The maximum Gasteiger partial charge on any atom is 0.0163 e. The Morgan fingerprint density at radius 3 is 2.33 bits per heavy atom. The van der Waals surface area contributed by atoms with Gasteiger partial charge in [0.1, 0.15) is 0 Å². The molecular formula is C13H24N2. The second-order valence-electron chi connectivity index (χ2n) is 5.25. The molecule has 2 aliphatic carbocycles. The molecule has 15 heavy (non-hydrogen) atoms. The normalized spacial score (nSPS) is 31.9. The maximum atomic E-state index is 5.93. The predicted octanol–water partition coefficient (Wildman–Crippen LogP) is 2.15. The Hall–Kier alpha value is -0.340. The minimum atomic E-state index is 0.482. The first-order valence-electron chi connectivity index (χ1n) is 6.40.